The second-order valence-electron chi connectivity index (χ2n) is 4.29. The van der Waals surface area contributed by atoms with Gasteiger partial charge in [-0.1, -0.05) is 17.7 Å². The predicted octanol–water partition coefficient (Wildman–Crippen LogP) is 0.360. The van der Waals surface area contributed by atoms with Crippen LogP contribution in [-0.4, -0.2) is 25.5 Å². The van der Waals surface area contributed by atoms with Crippen molar-refractivity contribution in [3.05, 3.63) is 29.8 Å². The standard InChI is InChI=1S/C13H17N3O/c1-10-4-6-12(7-5-10)15-13(17)9-16(3)11(2)8-14/h4-7,11H,9H2,1-3H3,(H,15,17)/p+1/t11-/m0/s1. The van der Waals surface area contributed by atoms with Gasteiger partial charge in [0.25, 0.3) is 5.91 Å². The highest BCUT2D eigenvalue weighted by Gasteiger charge is 2.15. The van der Waals surface area contributed by atoms with Gasteiger partial charge in [-0.3, -0.25) is 4.79 Å². The van der Waals surface area contributed by atoms with Crippen molar-refractivity contribution in [3.63, 3.8) is 0 Å². The van der Waals surface area contributed by atoms with Crippen molar-refractivity contribution in [2.75, 3.05) is 18.9 Å². The van der Waals surface area contributed by atoms with E-state index < -0.39 is 0 Å². The molecule has 2 N–H and O–H groups in total. The molecule has 17 heavy (non-hydrogen) atoms. The van der Waals surface area contributed by atoms with Gasteiger partial charge in [-0.05, 0) is 19.1 Å². The van der Waals surface area contributed by atoms with Gasteiger partial charge in [0, 0.05) is 12.6 Å². The van der Waals surface area contributed by atoms with Crippen LogP contribution in [0.3, 0.4) is 0 Å². The Morgan fingerprint density at radius 1 is 1.47 bits per heavy atom. The molecule has 90 valence electrons. The fourth-order valence-corrected chi connectivity index (χ4v) is 1.36. The number of hydrogen-bond donors (Lipinski definition) is 2. The minimum absolute atomic E-state index is 0.0755. The van der Waals surface area contributed by atoms with E-state index in [0.717, 1.165) is 16.2 Å². The number of hydrogen-bond acceptors (Lipinski definition) is 2. The molecule has 0 saturated heterocycles. The summed E-state index contributed by atoms with van der Waals surface area (Å²) in [7, 11) is 1.84. The Bertz CT molecular complexity index is 419. The van der Waals surface area contributed by atoms with Crippen LogP contribution >= 0.6 is 0 Å². The third-order valence-electron chi connectivity index (χ3n) is 2.71. The van der Waals surface area contributed by atoms with Crippen LogP contribution in [0, 0.1) is 18.3 Å². The number of aryl methyl sites for hydroxylation is 1. The third-order valence-corrected chi connectivity index (χ3v) is 2.71. The van der Waals surface area contributed by atoms with E-state index in [0.29, 0.717) is 6.54 Å². The molecule has 0 spiro atoms. The highest BCUT2D eigenvalue weighted by atomic mass is 16.2. The molecular formula is C13H18N3O+. The zero-order valence-corrected chi connectivity index (χ0v) is 10.4. The van der Waals surface area contributed by atoms with E-state index >= 15 is 0 Å². The maximum Gasteiger partial charge on any atom is 0.279 e. The summed E-state index contributed by atoms with van der Waals surface area (Å²) in [5.74, 6) is -0.0755. The highest BCUT2D eigenvalue weighted by molar-refractivity contribution is 5.91. The van der Waals surface area contributed by atoms with Crippen molar-refractivity contribution in [2.45, 2.75) is 19.9 Å². The average Bonchev–Trinajstić information content (AvgIpc) is 2.30. The minimum atomic E-state index is -0.182. The van der Waals surface area contributed by atoms with Crippen LogP contribution in [-0.2, 0) is 4.79 Å². The van der Waals surface area contributed by atoms with Crippen LogP contribution in [0.15, 0.2) is 24.3 Å². The van der Waals surface area contributed by atoms with Crippen LogP contribution in [0.25, 0.3) is 0 Å². The predicted molar refractivity (Wildman–Crippen MR) is 66.6 cm³/mol. The Balaban J connectivity index is 2.50. The number of rotatable bonds is 4. The van der Waals surface area contributed by atoms with Gasteiger partial charge in [0.05, 0.1) is 7.05 Å². The van der Waals surface area contributed by atoms with Crippen LogP contribution in [0.5, 0.6) is 0 Å². The molecular weight excluding hydrogens is 214 g/mol. The van der Waals surface area contributed by atoms with Crippen LogP contribution in [0.1, 0.15) is 12.5 Å². The lowest BCUT2D eigenvalue weighted by molar-refractivity contribution is -0.886. The fourth-order valence-electron chi connectivity index (χ4n) is 1.36. The first-order valence-corrected chi connectivity index (χ1v) is 5.61. The molecule has 1 rings (SSSR count). The normalized spacial score (nSPS) is 13.5. The van der Waals surface area contributed by atoms with Crippen molar-refractivity contribution in [3.8, 4) is 6.07 Å². The number of carbonyl (C=O) groups is 1. The van der Waals surface area contributed by atoms with E-state index in [1.807, 2.05) is 38.2 Å². The summed E-state index contributed by atoms with van der Waals surface area (Å²) in [6, 6.07) is 9.58. The summed E-state index contributed by atoms with van der Waals surface area (Å²) in [5, 5.41) is 11.5. The lowest BCUT2D eigenvalue weighted by Crippen LogP contribution is -3.13. The molecule has 1 amide bonds. The van der Waals surface area contributed by atoms with Crippen molar-refractivity contribution in [1.82, 2.24) is 0 Å². The maximum absolute atomic E-state index is 11.7. The molecule has 0 aliphatic carbocycles. The van der Waals surface area contributed by atoms with E-state index in [2.05, 4.69) is 11.4 Å². The number of benzene rings is 1. The molecule has 0 aliphatic rings. The fraction of sp³-hybridized carbons (Fsp3) is 0.385. The third kappa shape index (κ3) is 4.25. The molecule has 0 saturated carbocycles. The van der Waals surface area contributed by atoms with Gasteiger partial charge in [-0.15, -0.1) is 0 Å². The highest BCUT2D eigenvalue weighted by Crippen LogP contribution is 2.07. The zero-order valence-electron chi connectivity index (χ0n) is 10.4. The molecule has 4 nitrogen and oxygen atoms in total. The summed E-state index contributed by atoms with van der Waals surface area (Å²) in [4.78, 5) is 12.6. The summed E-state index contributed by atoms with van der Waals surface area (Å²) in [5.41, 5.74) is 1.95. The maximum atomic E-state index is 11.7. The van der Waals surface area contributed by atoms with Crippen molar-refractivity contribution >= 4 is 11.6 Å². The molecule has 2 atom stereocenters. The summed E-state index contributed by atoms with van der Waals surface area (Å²) >= 11 is 0. The smallest absolute Gasteiger partial charge is 0.279 e. The lowest BCUT2D eigenvalue weighted by atomic mass is 10.2. The summed E-state index contributed by atoms with van der Waals surface area (Å²) in [6.45, 7) is 4.09. The Labute approximate surface area is 102 Å². The largest absolute Gasteiger partial charge is 0.321 e. The Morgan fingerprint density at radius 2 is 2.06 bits per heavy atom. The van der Waals surface area contributed by atoms with Crippen molar-refractivity contribution in [1.29, 1.82) is 5.26 Å². The number of nitrogens with zero attached hydrogens (tertiary/aromatic N) is 1. The molecule has 0 aromatic heterocycles. The monoisotopic (exact) mass is 232 g/mol. The van der Waals surface area contributed by atoms with E-state index in [9.17, 15) is 4.79 Å². The van der Waals surface area contributed by atoms with Crippen LogP contribution in [0.4, 0.5) is 5.69 Å². The SMILES string of the molecule is Cc1ccc(NC(=O)C[NH+](C)[C@@H](C)C#N)cc1. The van der Waals surface area contributed by atoms with E-state index in [1.165, 1.54) is 0 Å². The molecule has 0 radical (unpaired) electrons. The minimum Gasteiger partial charge on any atom is -0.321 e. The average molecular weight is 232 g/mol. The molecule has 0 heterocycles. The molecule has 4 heteroatoms. The van der Waals surface area contributed by atoms with Gasteiger partial charge in [0.15, 0.2) is 12.6 Å². The van der Waals surface area contributed by atoms with E-state index in [1.54, 1.807) is 6.92 Å². The van der Waals surface area contributed by atoms with Crippen molar-refractivity contribution < 1.29 is 9.69 Å². The zero-order chi connectivity index (χ0) is 12.8. The molecule has 0 fully saturated rings. The first kappa shape index (κ1) is 13.2. The number of amides is 1. The topological polar surface area (TPSA) is 57.3 Å². The number of carbonyl (C=O) groups excluding carboxylic acids is 1. The van der Waals surface area contributed by atoms with Gasteiger partial charge in [0.2, 0.25) is 0 Å². The Morgan fingerprint density at radius 3 is 2.59 bits per heavy atom. The van der Waals surface area contributed by atoms with Gasteiger partial charge < -0.3 is 10.2 Å². The van der Waals surface area contributed by atoms with Crippen LogP contribution < -0.4 is 10.2 Å². The molecule has 0 aliphatic heterocycles. The van der Waals surface area contributed by atoms with Crippen LogP contribution in [0.2, 0.25) is 0 Å². The first-order valence-electron chi connectivity index (χ1n) is 5.61. The van der Waals surface area contributed by atoms with Gasteiger partial charge >= 0.3 is 0 Å². The number of nitrogens with one attached hydrogen (secondary N) is 2. The van der Waals surface area contributed by atoms with E-state index in [4.69, 9.17) is 5.26 Å². The second kappa shape index (κ2) is 6.02. The molecule has 1 aromatic carbocycles. The van der Waals surface area contributed by atoms with Gasteiger partial charge in [-0.25, -0.2) is 0 Å². The Kier molecular flexibility index (Phi) is 4.68. The Hall–Kier alpha value is -1.86. The number of anilines is 1. The number of quaternary nitrogens is 1. The van der Waals surface area contributed by atoms with Gasteiger partial charge in [0.1, 0.15) is 6.07 Å². The van der Waals surface area contributed by atoms with Gasteiger partial charge in [-0.2, -0.15) is 5.26 Å². The second-order valence-corrected chi connectivity index (χ2v) is 4.29. The molecule has 0 bridgehead atoms. The summed E-state index contributed by atoms with van der Waals surface area (Å²) < 4.78 is 0. The number of likely N-dealkylation sites (N-methyl/N-ethyl adjacent to an activating group) is 1. The quantitative estimate of drug-likeness (QED) is 0.787. The first-order chi connectivity index (χ1) is 8.02. The molecule has 1 unspecified atom stereocenters. The summed E-state index contributed by atoms with van der Waals surface area (Å²) in [6.07, 6.45) is 0. The lowest BCUT2D eigenvalue weighted by Gasteiger charge is -2.15. The van der Waals surface area contributed by atoms with E-state index in [-0.39, 0.29) is 11.9 Å². The molecule has 1 aromatic rings. The van der Waals surface area contributed by atoms with Crippen molar-refractivity contribution in [2.24, 2.45) is 0 Å². The number of nitriles is 1.